The lowest BCUT2D eigenvalue weighted by Gasteiger charge is -2.32. The number of fused-ring (bicyclic) bond motifs is 1. The highest BCUT2D eigenvalue weighted by atomic mass is 35.5. The minimum atomic E-state index is -0.574. The van der Waals surface area contributed by atoms with Gasteiger partial charge in [-0.15, -0.1) is 0 Å². The van der Waals surface area contributed by atoms with Crippen LogP contribution in [0.2, 0.25) is 5.02 Å². The average Bonchev–Trinajstić information content (AvgIpc) is 2.76. The van der Waals surface area contributed by atoms with E-state index in [0.717, 1.165) is 28.8 Å². The van der Waals surface area contributed by atoms with Gasteiger partial charge in [0.1, 0.15) is 5.82 Å². The van der Waals surface area contributed by atoms with Crippen molar-refractivity contribution in [3.8, 4) is 0 Å². The molecule has 154 valence electrons. The van der Waals surface area contributed by atoms with Crippen molar-refractivity contribution in [1.29, 1.82) is 0 Å². The molecular formula is C24H22ClFN2O2. The predicted molar refractivity (Wildman–Crippen MR) is 117 cm³/mol. The largest absolute Gasteiger partial charge is 0.342 e. The molecule has 6 heteroatoms. The Hall–Kier alpha value is -2.92. The molecule has 0 unspecified atom stereocenters. The number of carbonyl (C=O) groups excluding carboxylic acids is 2. The van der Waals surface area contributed by atoms with E-state index >= 15 is 0 Å². The summed E-state index contributed by atoms with van der Waals surface area (Å²) < 4.78 is 14.0. The molecule has 1 fully saturated rings. The highest BCUT2D eigenvalue weighted by Crippen LogP contribution is 2.24. The molecule has 0 aromatic heterocycles. The summed E-state index contributed by atoms with van der Waals surface area (Å²) >= 11 is 5.76. The zero-order valence-electron chi connectivity index (χ0n) is 16.4. The molecule has 1 aliphatic heterocycles. The van der Waals surface area contributed by atoms with Crippen LogP contribution in [0.4, 0.5) is 10.1 Å². The first-order chi connectivity index (χ1) is 14.5. The number of anilines is 1. The summed E-state index contributed by atoms with van der Waals surface area (Å²) in [6.07, 6.45) is 1.70. The number of likely N-dealkylation sites (tertiary alicyclic amines) is 1. The predicted octanol–water partition coefficient (Wildman–Crippen LogP) is 5.05. The third-order valence-electron chi connectivity index (χ3n) is 5.56. The van der Waals surface area contributed by atoms with Crippen molar-refractivity contribution in [2.75, 3.05) is 18.4 Å². The SMILES string of the molecule is O=C(Nc1ccc(Cl)cc1F)[C@@H]1CCCN(C(=O)Cc2cccc3ccccc23)C1. The minimum Gasteiger partial charge on any atom is -0.342 e. The van der Waals surface area contributed by atoms with Crippen molar-refractivity contribution in [2.45, 2.75) is 19.3 Å². The Bertz CT molecular complexity index is 1100. The summed E-state index contributed by atoms with van der Waals surface area (Å²) in [5.41, 5.74) is 1.08. The van der Waals surface area contributed by atoms with Crippen molar-refractivity contribution in [1.82, 2.24) is 4.90 Å². The summed E-state index contributed by atoms with van der Waals surface area (Å²) in [6, 6.07) is 18.1. The first-order valence-electron chi connectivity index (χ1n) is 10.0. The molecule has 1 aliphatic rings. The van der Waals surface area contributed by atoms with E-state index in [0.29, 0.717) is 25.9 Å². The van der Waals surface area contributed by atoms with E-state index in [1.165, 1.54) is 12.1 Å². The zero-order chi connectivity index (χ0) is 21.1. The molecule has 0 aliphatic carbocycles. The molecule has 1 atom stereocenters. The van der Waals surface area contributed by atoms with Crippen LogP contribution in [0.25, 0.3) is 10.8 Å². The van der Waals surface area contributed by atoms with E-state index in [1.54, 1.807) is 4.90 Å². The number of nitrogens with one attached hydrogen (secondary N) is 1. The second-order valence-corrected chi connectivity index (χ2v) is 8.04. The van der Waals surface area contributed by atoms with Crippen molar-refractivity contribution in [2.24, 2.45) is 5.92 Å². The highest BCUT2D eigenvalue weighted by Gasteiger charge is 2.29. The Morgan fingerprint density at radius 1 is 1.10 bits per heavy atom. The van der Waals surface area contributed by atoms with Crippen molar-refractivity contribution >= 4 is 39.9 Å². The number of rotatable bonds is 4. The molecule has 30 heavy (non-hydrogen) atoms. The Kier molecular flexibility index (Phi) is 6.00. The van der Waals surface area contributed by atoms with Crippen LogP contribution in [0, 0.1) is 11.7 Å². The van der Waals surface area contributed by atoms with Gasteiger partial charge in [0, 0.05) is 18.1 Å². The molecule has 3 aromatic rings. The van der Waals surface area contributed by atoms with Gasteiger partial charge >= 0.3 is 0 Å². The number of nitrogens with zero attached hydrogens (tertiary/aromatic N) is 1. The summed E-state index contributed by atoms with van der Waals surface area (Å²) in [7, 11) is 0. The third kappa shape index (κ3) is 4.46. The first-order valence-corrected chi connectivity index (χ1v) is 10.4. The number of hydrogen-bond donors (Lipinski definition) is 1. The fraction of sp³-hybridized carbons (Fsp3) is 0.250. The molecular weight excluding hydrogens is 403 g/mol. The van der Waals surface area contributed by atoms with Gasteiger partial charge < -0.3 is 10.2 Å². The smallest absolute Gasteiger partial charge is 0.229 e. The van der Waals surface area contributed by atoms with E-state index in [-0.39, 0.29) is 28.4 Å². The molecule has 0 saturated carbocycles. The molecule has 3 aromatic carbocycles. The van der Waals surface area contributed by atoms with Crippen LogP contribution in [-0.4, -0.2) is 29.8 Å². The lowest BCUT2D eigenvalue weighted by Crippen LogP contribution is -2.44. The first kappa shape index (κ1) is 20.4. The maximum Gasteiger partial charge on any atom is 0.229 e. The van der Waals surface area contributed by atoms with Gasteiger partial charge in [0.2, 0.25) is 11.8 Å². The number of carbonyl (C=O) groups is 2. The molecule has 4 rings (SSSR count). The molecule has 0 bridgehead atoms. The van der Waals surface area contributed by atoms with Gasteiger partial charge in [-0.3, -0.25) is 9.59 Å². The van der Waals surface area contributed by atoms with E-state index in [2.05, 4.69) is 5.32 Å². The minimum absolute atomic E-state index is 0.00141. The van der Waals surface area contributed by atoms with Gasteiger partial charge in [-0.2, -0.15) is 0 Å². The molecule has 1 N–H and O–H groups in total. The summed E-state index contributed by atoms with van der Waals surface area (Å²) in [5.74, 6) is -1.22. The normalized spacial score (nSPS) is 16.5. The monoisotopic (exact) mass is 424 g/mol. The van der Waals surface area contributed by atoms with E-state index < -0.39 is 5.82 Å². The lowest BCUT2D eigenvalue weighted by atomic mass is 9.95. The number of amides is 2. The molecule has 1 heterocycles. The molecule has 0 radical (unpaired) electrons. The number of halogens is 2. The fourth-order valence-corrected chi connectivity index (χ4v) is 4.12. The average molecular weight is 425 g/mol. The summed E-state index contributed by atoms with van der Waals surface area (Å²) in [5, 5.41) is 5.07. The second-order valence-electron chi connectivity index (χ2n) is 7.61. The molecule has 2 amide bonds. The van der Waals surface area contributed by atoms with Crippen LogP contribution in [0.5, 0.6) is 0 Å². The van der Waals surface area contributed by atoms with Gasteiger partial charge in [0.25, 0.3) is 0 Å². The number of benzene rings is 3. The topological polar surface area (TPSA) is 49.4 Å². The van der Waals surface area contributed by atoms with Gasteiger partial charge in [0.15, 0.2) is 0 Å². The quantitative estimate of drug-likeness (QED) is 0.637. The van der Waals surface area contributed by atoms with Crippen LogP contribution >= 0.6 is 11.6 Å². The molecule has 1 saturated heterocycles. The van der Waals surface area contributed by atoms with Gasteiger partial charge in [-0.05, 0) is 47.4 Å². The van der Waals surface area contributed by atoms with Crippen LogP contribution in [0.1, 0.15) is 18.4 Å². The van der Waals surface area contributed by atoms with E-state index in [4.69, 9.17) is 11.6 Å². The number of hydrogen-bond acceptors (Lipinski definition) is 2. The van der Waals surface area contributed by atoms with Crippen molar-refractivity contribution in [3.63, 3.8) is 0 Å². The maximum atomic E-state index is 14.0. The van der Waals surface area contributed by atoms with Gasteiger partial charge in [0.05, 0.1) is 18.0 Å². The van der Waals surface area contributed by atoms with Gasteiger partial charge in [-0.1, -0.05) is 54.1 Å². The van der Waals surface area contributed by atoms with Crippen LogP contribution in [0.15, 0.2) is 60.7 Å². The fourth-order valence-electron chi connectivity index (χ4n) is 3.96. The number of piperidine rings is 1. The van der Waals surface area contributed by atoms with Crippen LogP contribution in [-0.2, 0) is 16.0 Å². The van der Waals surface area contributed by atoms with E-state index in [9.17, 15) is 14.0 Å². The van der Waals surface area contributed by atoms with Crippen LogP contribution in [0.3, 0.4) is 0 Å². The van der Waals surface area contributed by atoms with Crippen molar-refractivity contribution in [3.05, 3.63) is 77.1 Å². The summed E-state index contributed by atoms with van der Waals surface area (Å²) in [6.45, 7) is 0.966. The maximum absolute atomic E-state index is 14.0. The zero-order valence-corrected chi connectivity index (χ0v) is 17.2. The van der Waals surface area contributed by atoms with Crippen LogP contribution < -0.4 is 5.32 Å². The third-order valence-corrected chi connectivity index (χ3v) is 5.79. The Labute approximate surface area is 179 Å². The molecule has 0 spiro atoms. The molecule has 4 nitrogen and oxygen atoms in total. The highest BCUT2D eigenvalue weighted by molar-refractivity contribution is 6.30. The van der Waals surface area contributed by atoms with Crippen molar-refractivity contribution < 1.29 is 14.0 Å². The standard InChI is InChI=1S/C24H22ClFN2O2/c25-19-10-11-22(21(26)14-19)27-24(30)18-8-4-12-28(15-18)23(29)13-17-7-3-6-16-5-1-2-9-20(16)17/h1-3,5-7,9-11,14,18H,4,8,12-13,15H2,(H,27,30)/t18-/m1/s1. The van der Waals surface area contributed by atoms with Gasteiger partial charge in [-0.25, -0.2) is 4.39 Å². The Morgan fingerprint density at radius 2 is 1.90 bits per heavy atom. The lowest BCUT2D eigenvalue weighted by molar-refractivity contribution is -0.133. The van der Waals surface area contributed by atoms with E-state index in [1.807, 2.05) is 42.5 Å². The summed E-state index contributed by atoms with van der Waals surface area (Å²) in [4.78, 5) is 27.3. The Balaban J connectivity index is 1.43. The Morgan fingerprint density at radius 3 is 2.73 bits per heavy atom. The second kappa shape index (κ2) is 8.84.